The Morgan fingerprint density at radius 1 is 1.47 bits per heavy atom. The van der Waals surface area contributed by atoms with Crippen LogP contribution in [0.5, 0.6) is 0 Å². The molecule has 0 aromatic carbocycles. The van der Waals surface area contributed by atoms with Crippen LogP contribution in [0, 0.1) is 29.1 Å². The van der Waals surface area contributed by atoms with E-state index in [9.17, 15) is 9.59 Å². The highest BCUT2D eigenvalue weighted by Gasteiger charge is 2.45. The Bertz CT molecular complexity index is 341. The summed E-state index contributed by atoms with van der Waals surface area (Å²) in [5.41, 5.74) is 0. The summed E-state index contributed by atoms with van der Waals surface area (Å²) in [6, 6.07) is 2.02. The summed E-state index contributed by atoms with van der Waals surface area (Å²) in [4.78, 5) is 23.3. The Hall–Kier alpha value is -1.37. The second kappa shape index (κ2) is 3.65. The van der Waals surface area contributed by atoms with Gasteiger partial charge in [-0.1, -0.05) is 6.92 Å². The number of nitrogens with one attached hydrogen (secondary N) is 1. The van der Waals surface area contributed by atoms with Gasteiger partial charge >= 0.3 is 0 Å². The molecular weight excluding hydrogens is 192 g/mol. The molecule has 1 N–H and O–H groups in total. The predicted octanol–water partition coefficient (Wildman–Crippen LogP) is 0.630. The lowest BCUT2D eigenvalue weighted by atomic mass is 10.00. The lowest BCUT2D eigenvalue weighted by Crippen LogP contribution is -2.36. The fourth-order valence-corrected chi connectivity index (χ4v) is 1.70. The molecule has 0 heterocycles. The van der Waals surface area contributed by atoms with E-state index in [-0.39, 0.29) is 17.7 Å². The van der Waals surface area contributed by atoms with Crippen molar-refractivity contribution in [2.24, 2.45) is 17.8 Å². The van der Waals surface area contributed by atoms with Gasteiger partial charge in [0.1, 0.15) is 0 Å². The summed E-state index contributed by atoms with van der Waals surface area (Å²) in [5.74, 6) is -1.38. The van der Waals surface area contributed by atoms with Gasteiger partial charge in [-0.2, -0.15) is 5.26 Å². The van der Waals surface area contributed by atoms with Crippen molar-refractivity contribution in [2.45, 2.75) is 32.2 Å². The monoisotopic (exact) mass is 206 g/mol. The second-order valence-electron chi connectivity index (χ2n) is 4.57. The first-order valence-electron chi connectivity index (χ1n) is 5.37. The number of Topliss-reactive ketones (excluding diaryl/α,β-unsaturated/α-hetero) is 1. The maximum atomic E-state index is 11.7. The zero-order chi connectivity index (χ0) is 11.0. The van der Waals surface area contributed by atoms with Crippen molar-refractivity contribution in [3.8, 4) is 6.07 Å². The van der Waals surface area contributed by atoms with Crippen LogP contribution in [-0.2, 0) is 9.59 Å². The van der Waals surface area contributed by atoms with Crippen LogP contribution in [0.1, 0.15) is 26.2 Å². The summed E-state index contributed by atoms with van der Waals surface area (Å²) in [6.07, 6.45) is 2.77. The first-order chi connectivity index (χ1) is 7.13. The summed E-state index contributed by atoms with van der Waals surface area (Å²) >= 11 is 0. The van der Waals surface area contributed by atoms with E-state index in [0.29, 0.717) is 5.92 Å². The first kappa shape index (κ1) is 10.2. The van der Waals surface area contributed by atoms with E-state index in [1.165, 1.54) is 0 Å². The third kappa shape index (κ3) is 2.17. The molecule has 2 rings (SSSR count). The van der Waals surface area contributed by atoms with E-state index in [0.717, 1.165) is 19.3 Å². The lowest BCUT2D eigenvalue weighted by molar-refractivity contribution is -0.132. The molecule has 0 spiro atoms. The zero-order valence-electron chi connectivity index (χ0n) is 8.69. The molecule has 80 valence electrons. The Morgan fingerprint density at radius 3 is 2.47 bits per heavy atom. The predicted molar refractivity (Wildman–Crippen MR) is 52.5 cm³/mol. The summed E-state index contributed by atoms with van der Waals surface area (Å²) in [6.45, 7) is 1.97. The van der Waals surface area contributed by atoms with E-state index in [4.69, 9.17) is 5.26 Å². The Kier molecular flexibility index (Phi) is 2.47. The molecule has 0 aromatic heterocycles. The molecule has 4 nitrogen and oxygen atoms in total. The highest BCUT2D eigenvalue weighted by Crippen LogP contribution is 2.40. The molecule has 2 saturated carbocycles. The van der Waals surface area contributed by atoms with Crippen LogP contribution >= 0.6 is 0 Å². The number of hydrogen-bond acceptors (Lipinski definition) is 3. The van der Waals surface area contributed by atoms with E-state index >= 15 is 0 Å². The van der Waals surface area contributed by atoms with Crippen molar-refractivity contribution in [1.29, 1.82) is 5.26 Å². The van der Waals surface area contributed by atoms with Crippen molar-refractivity contribution >= 4 is 11.7 Å². The minimum Gasteiger partial charge on any atom is -0.352 e. The van der Waals surface area contributed by atoms with Crippen molar-refractivity contribution in [2.75, 3.05) is 0 Å². The molecule has 0 saturated heterocycles. The molecule has 0 unspecified atom stereocenters. The van der Waals surface area contributed by atoms with Gasteiger partial charge in [0.05, 0.1) is 6.07 Å². The fraction of sp³-hybridized carbons (Fsp3) is 0.727. The number of amides is 1. The largest absolute Gasteiger partial charge is 0.352 e. The van der Waals surface area contributed by atoms with Gasteiger partial charge in [0.2, 0.25) is 5.91 Å². The van der Waals surface area contributed by atoms with Crippen LogP contribution in [0.2, 0.25) is 0 Å². The molecular formula is C11H14N2O2. The quantitative estimate of drug-likeness (QED) is 0.686. The maximum absolute atomic E-state index is 11.7. The van der Waals surface area contributed by atoms with Crippen LogP contribution < -0.4 is 5.32 Å². The van der Waals surface area contributed by atoms with Crippen LogP contribution in [0.25, 0.3) is 0 Å². The highest BCUT2D eigenvalue weighted by molar-refractivity contribution is 6.06. The molecule has 15 heavy (non-hydrogen) atoms. The van der Waals surface area contributed by atoms with Crippen LogP contribution in [0.15, 0.2) is 0 Å². The minimum absolute atomic E-state index is 0.0559. The van der Waals surface area contributed by atoms with Crippen molar-refractivity contribution in [3.63, 3.8) is 0 Å². The smallest absolute Gasteiger partial charge is 0.245 e. The molecule has 0 aromatic rings. The molecule has 2 aliphatic rings. The van der Waals surface area contributed by atoms with Gasteiger partial charge in [-0.05, 0) is 25.2 Å². The Balaban J connectivity index is 1.93. The van der Waals surface area contributed by atoms with E-state index < -0.39 is 11.8 Å². The van der Waals surface area contributed by atoms with Gasteiger partial charge < -0.3 is 5.32 Å². The number of carbonyl (C=O) groups is 2. The number of rotatable bonds is 4. The summed E-state index contributed by atoms with van der Waals surface area (Å²) < 4.78 is 0. The summed E-state index contributed by atoms with van der Waals surface area (Å²) in [7, 11) is 0. The molecule has 1 amide bonds. The number of ketones is 1. The van der Waals surface area contributed by atoms with E-state index in [2.05, 4.69) is 5.32 Å². The average molecular weight is 206 g/mol. The highest BCUT2D eigenvalue weighted by atomic mass is 16.2. The molecule has 2 fully saturated rings. The molecule has 4 heteroatoms. The van der Waals surface area contributed by atoms with Gasteiger partial charge in [-0.15, -0.1) is 0 Å². The van der Waals surface area contributed by atoms with Crippen molar-refractivity contribution in [1.82, 2.24) is 5.32 Å². The minimum atomic E-state index is -1.08. The van der Waals surface area contributed by atoms with E-state index in [1.54, 1.807) is 0 Å². The SMILES string of the molecule is C[C@@H]1C[C@@H]1C(=O)[C@@H](C#N)C(=O)NC1CC1. The zero-order valence-corrected chi connectivity index (χ0v) is 8.69. The van der Waals surface area contributed by atoms with Crippen LogP contribution in [-0.4, -0.2) is 17.7 Å². The fourth-order valence-electron chi connectivity index (χ4n) is 1.70. The third-order valence-electron chi connectivity index (χ3n) is 3.07. The maximum Gasteiger partial charge on any atom is 0.245 e. The third-order valence-corrected chi connectivity index (χ3v) is 3.07. The van der Waals surface area contributed by atoms with Gasteiger partial charge in [-0.3, -0.25) is 9.59 Å². The molecule has 0 bridgehead atoms. The normalized spacial score (nSPS) is 30.1. The standard InChI is InChI=1S/C11H14N2O2/c1-6-4-8(6)10(14)9(5-12)11(15)13-7-2-3-7/h6-9H,2-4H2,1H3,(H,13,15)/t6-,8+,9-/m1/s1. The molecule has 3 atom stereocenters. The first-order valence-corrected chi connectivity index (χ1v) is 5.37. The van der Waals surface area contributed by atoms with Crippen molar-refractivity contribution < 1.29 is 9.59 Å². The van der Waals surface area contributed by atoms with Crippen molar-refractivity contribution in [3.05, 3.63) is 0 Å². The van der Waals surface area contributed by atoms with Gasteiger partial charge in [-0.25, -0.2) is 0 Å². The second-order valence-corrected chi connectivity index (χ2v) is 4.57. The lowest BCUT2D eigenvalue weighted by Gasteiger charge is -2.07. The molecule has 2 aliphatic carbocycles. The van der Waals surface area contributed by atoms with Gasteiger partial charge in [0.15, 0.2) is 11.7 Å². The van der Waals surface area contributed by atoms with Crippen LogP contribution in [0.4, 0.5) is 0 Å². The Morgan fingerprint density at radius 2 is 2.07 bits per heavy atom. The average Bonchev–Trinajstić information content (AvgIpc) is 3.05. The summed E-state index contributed by atoms with van der Waals surface area (Å²) in [5, 5.41) is 11.5. The molecule has 0 radical (unpaired) electrons. The van der Waals surface area contributed by atoms with Crippen LogP contribution in [0.3, 0.4) is 0 Å². The van der Waals surface area contributed by atoms with E-state index in [1.807, 2.05) is 13.0 Å². The van der Waals surface area contributed by atoms with Gasteiger partial charge in [0.25, 0.3) is 0 Å². The molecule has 0 aliphatic heterocycles. The van der Waals surface area contributed by atoms with Gasteiger partial charge in [0, 0.05) is 12.0 Å². The topological polar surface area (TPSA) is 70.0 Å². The number of nitrogens with zero attached hydrogens (tertiary/aromatic N) is 1. The number of hydrogen-bond donors (Lipinski definition) is 1. The number of nitriles is 1. The Labute approximate surface area is 88.6 Å². The number of carbonyl (C=O) groups excluding carboxylic acids is 2.